The van der Waals surface area contributed by atoms with E-state index in [-0.39, 0.29) is 61.1 Å². The number of amides is 1. The van der Waals surface area contributed by atoms with Crippen LogP contribution >= 0.6 is 11.6 Å². The number of carbonyl (C=O) groups is 2. The van der Waals surface area contributed by atoms with Gasteiger partial charge in [0.1, 0.15) is 18.2 Å². The van der Waals surface area contributed by atoms with Gasteiger partial charge in [0.2, 0.25) is 0 Å². The van der Waals surface area contributed by atoms with E-state index in [1.54, 1.807) is 0 Å². The lowest BCUT2D eigenvalue weighted by atomic mass is 9.92. The average Bonchev–Trinajstić information content (AvgIpc) is 2.71. The first-order valence-electron chi connectivity index (χ1n) is 10.5. The molecule has 7 nitrogen and oxygen atoms in total. The van der Waals surface area contributed by atoms with Gasteiger partial charge in [0, 0.05) is 38.0 Å². The molecule has 1 saturated heterocycles. The molecule has 1 aromatic rings. The molecule has 0 atom stereocenters. The highest BCUT2D eigenvalue weighted by Crippen LogP contribution is 2.32. The molecule has 3 rings (SSSR count). The van der Waals surface area contributed by atoms with Crippen molar-refractivity contribution >= 4 is 23.3 Å². The molecule has 0 radical (unpaired) electrons. The third kappa shape index (κ3) is 8.73. The molecule has 0 unspecified atom stereocenters. The van der Waals surface area contributed by atoms with Crippen LogP contribution in [0.4, 0.5) is 17.6 Å². The van der Waals surface area contributed by atoms with Crippen LogP contribution in [0.15, 0.2) is 18.2 Å². The molecule has 1 N–H and O–H groups in total. The van der Waals surface area contributed by atoms with Crippen molar-refractivity contribution in [3.05, 3.63) is 29.0 Å². The largest absolute Gasteiger partial charge is 0.522 e. The number of Topliss-reactive ketones (excluding diaryl/α,β-unsaturated/α-hetero) is 1. The van der Waals surface area contributed by atoms with Crippen LogP contribution in [0.5, 0.6) is 5.75 Å². The number of ether oxygens (including phenoxy) is 3. The zero-order chi connectivity index (χ0) is 24.0. The molecule has 184 valence electrons. The Balaban J connectivity index is 1.25. The molecule has 1 aliphatic heterocycles. The summed E-state index contributed by atoms with van der Waals surface area (Å²) in [6.07, 6.45) is -4.42. The number of nitrogens with one attached hydrogen (secondary N) is 1. The SMILES string of the molecule is O=C(COC1CC(OC(F)(F)F)C1)CN1CCC(NC(=O)COc2ccc(Cl)c(F)c2)CC1. The summed E-state index contributed by atoms with van der Waals surface area (Å²) < 4.78 is 64.2. The van der Waals surface area contributed by atoms with Gasteiger partial charge in [-0.1, -0.05) is 11.6 Å². The van der Waals surface area contributed by atoms with Crippen LogP contribution in [0, 0.1) is 5.82 Å². The summed E-state index contributed by atoms with van der Waals surface area (Å²) >= 11 is 5.60. The molecular formula is C21H25ClF4N2O5. The lowest BCUT2D eigenvalue weighted by molar-refractivity contribution is -0.357. The number of hydrogen-bond acceptors (Lipinski definition) is 6. The first kappa shape index (κ1) is 25.7. The van der Waals surface area contributed by atoms with E-state index in [2.05, 4.69) is 10.1 Å². The van der Waals surface area contributed by atoms with E-state index in [0.717, 1.165) is 6.07 Å². The molecule has 1 heterocycles. The van der Waals surface area contributed by atoms with E-state index in [9.17, 15) is 27.2 Å². The average molecular weight is 497 g/mol. The van der Waals surface area contributed by atoms with Gasteiger partial charge in [-0.25, -0.2) is 4.39 Å². The number of halogens is 5. The predicted octanol–water partition coefficient (Wildman–Crippen LogP) is 3.09. The van der Waals surface area contributed by atoms with Crippen molar-refractivity contribution in [2.24, 2.45) is 0 Å². The summed E-state index contributed by atoms with van der Waals surface area (Å²) in [7, 11) is 0. The van der Waals surface area contributed by atoms with Crippen LogP contribution in [-0.4, -0.2) is 74.1 Å². The fourth-order valence-electron chi connectivity index (χ4n) is 3.66. The van der Waals surface area contributed by atoms with E-state index in [1.807, 2.05) is 4.90 Å². The maximum absolute atomic E-state index is 13.4. The third-order valence-electron chi connectivity index (χ3n) is 5.45. The fourth-order valence-corrected chi connectivity index (χ4v) is 3.78. The molecule has 1 amide bonds. The first-order chi connectivity index (χ1) is 15.6. The Morgan fingerprint density at radius 2 is 1.82 bits per heavy atom. The van der Waals surface area contributed by atoms with Crippen LogP contribution in [0.3, 0.4) is 0 Å². The number of ketones is 1. The molecule has 2 fully saturated rings. The van der Waals surface area contributed by atoms with E-state index >= 15 is 0 Å². The zero-order valence-corrected chi connectivity index (χ0v) is 18.5. The molecule has 0 aromatic heterocycles. The van der Waals surface area contributed by atoms with Crippen molar-refractivity contribution in [1.29, 1.82) is 0 Å². The minimum absolute atomic E-state index is 0.0317. The Hall–Kier alpha value is -1.95. The Kier molecular flexibility index (Phi) is 8.91. The molecule has 1 aromatic carbocycles. The standard InChI is InChI=1S/C21H25ClF4N2O5/c22-18-2-1-15(9-19(18)23)32-12-20(30)27-13-3-5-28(6-4-13)10-14(29)11-31-16-7-17(8-16)33-21(24,25)26/h1-2,9,13,16-17H,3-8,10-12H2,(H,27,30). The third-order valence-corrected chi connectivity index (χ3v) is 5.75. The molecule has 1 aliphatic carbocycles. The number of alkyl halides is 3. The summed E-state index contributed by atoms with van der Waals surface area (Å²) in [5, 5.41) is 2.82. The number of nitrogens with zero attached hydrogens (tertiary/aromatic N) is 1. The zero-order valence-electron chi connectivity index (χ0n) is 17.7. The minimum atomic E-state index is -4.65. The van der Waals surface area contributed by atoms with Gasteiger partial charge >= 0.3 is 6.36 Å². The van der Waals surface area contributed by atoms with E-state index in [1.165, 1.54) is 12.1 Å². The maximum atomic E-state index is 13.4. The van der Waals surface area contributed by atoms with Gasteiger partial charge in [-0.05, 0) is 25.0 Å². The second-order valence-corrected chi connectivity index (χ2v) is 8.52. The predicted molar refractivity (Wildman–Crippen MR) is 109 cm³/mol. The number of benzene rings is 1. The van der Waals surface area contributed by atoms with Crippen LogP contribution in [0.2, 0.25) is 5.02 Å². The number of likely N-dealkylation sites (tertiary alicyclic amines) is 1. The van der Waals surface area contributed by atoms with Gasteiger partial charge in [-0.15, -0.1) is 13.2 Å². The van der Waals surface area contributed by atoms with Gasteiger partial charge in [0.15, 0.2) is 12.4 Å². The fraction of sp³-hybridized carbons (Fsp3) is 0.619. The smallest absolute Gasteiger partial charge is 0.484 e. The van der Waals surface area contributed by atoms with Gasteiger partial charge in [0.25, 0.3) is 5.91 Å². The highest BCUT2D eigenvalue weighted by atomic mass is 35.5. The number of hydrogen-bond donors (Lipinski definition) is 1. The Labute approximate surface area is 193 Å². The summed E-state index contributed by atoms with van der Waals surface area (Å²) in [6.45, 7) is 0.979. The van der Waals surface area contributed by atoms with Crippen LogP contribution < -0.4 is 10.1 Å². The number of carbonyl (C=O) groups excluding carboxylic acids is 2. The van der Waals surface area contributed by atoms with Gasteiger partial charge in [-0.2, -0.15) is 0 Å². The number of rotatable bonds is 10. The monoisotopic (exact) mass is 496 g/mol. The van der Waals surface area contributed by atoms with E-state index in [4.69, 9.17) is 21.1 Å². The van der Waals surface area contributed by atoms with Crippen molar-refractivity contribution in [3.63, 3.8) is 0 Å². The van der Waals surface area contributed by atoms with Crippen molar-refractivity contribution < 1.29 is 41.4 Å². The highest BCUT2D eigenvalue weighted by Gasteiger charge is 2.40. The van der Waals surface area contributed by atoms with Gasteiger partial charge in [-0.3, -0.25) is 19.2 Å². The second-order valence-electron chi connectivity index (χ2n) is 8.11. The molecule has 2 aliphatic rings. The Bertz CT molecular complexity index is 827. The molecule has 12 heteroatoms. The lowest BCUT2D eigenvalue weighted by Crippen LogP contribution is -2.47. The van der Waals surface area contributed by atoms with E-state index in [0.29, 0.717) is 25.9 Å². The minimum Gasteiger partial charge on any atom is -0.484 e. The highest BCUT2D eigenvalue weighted by molar-refractivity contribution is 6.30. The molecule has 0 spiro atoms. The van der Waals surface area contributed by atoms with Crippen LogP contribution in [-0.2, 0) is 19.1 Å². The van der Waals surface area contributed by atoms with Crippen LogP contribution in [0.25, 0.3) is 0 Å². The summed E-state index contributed by atoms with van der Waals surface area (Å²) in [5.74, 6) is -0.912. The van der Waals surface area contributed by atoms with Crippen molar-refractivity contribution in [1.82, 2.24) is 10.2 Å². The molecule has 1 saturated carbocycles. The summed E-state index contributed by atoms with van der Waals surface area (Å²) in [4.78, 5) is 26.1. The van der Waals surface area contributed by atoms with Crippen molar-refractivity contribution in [3.8, 4) is 5.75 Å². The van der Waals surface area contributed by atoms with Gasteiger partial charge in [0.05, 0.1) is 23.8 Å². The lowest BCUT2D eigenvalue weighted by Gasteiger charge is -2.35. The number of piperidine rings is 1. The maximum Gasteiger partial charge on any atom is 0.522 e. The topological polar surface area (TPSA) is 77.1 Å². The molecule has 33 heavy (non-hydrogen) atoms. The first-order valence-corrected chi connectivity index (χ1v) is 10.9. The summed E-state index contributed by atoms with van der Waals surface area (Å²) in [6, 6.07) is 3.86. The summed E-state index contributed by atoms with van der Waals surface area (Å²) in [5.41, 5.74) is 0. The van der Waals surface area contributed by atoms with Crippen molar-refractivity contribution in [2.75, 3.05) is 32.8 Å². The molecule has 0 bridgehead atoms. The Morgan fingerprint density at radius 1 is 1.12 bits per heavy atom. The quantitative estimate of drug-likeness (QED) is 0.502. The van der Waals surface area contributed by atoms with Crippen LogP contribution in [0.1, 0.15) is 25.7 Å². The second kappa shape index (κ2) is 11.5. The Morgan fingerprint density at radius 3 is 2.45 bits per heavy atom. The normalized spacial score (nSPS) is 22.0. The molecular weight excluding hydrogens is 472 g/mol. The van der Waals surface area contributed by atoms with E-state index < -0.39 is 24.4 Å². The van der Waals surface area contributed by atoms with Gasteiger partial charge < -0.3 is 14.8 Å². The van der Waals surface area contributed by atoms with Crippen molar-refractivity contribution in [2.45, 2.75) is 50.3 Å².